The third-order valence-corrected chi connectivity index (χ3v) is 2.59. The number of carbonyl (C=O) groups is 1. The van der Waals surface area contributed by atoms with Crippen LogP contribution >= 0.6 is 0 Å². The molecule has 1 saturated carbocycles. The molecule has 1 unspecified atom stereocenters. The van der Waals surface area contributed by atoms with Crippen molar-refractivity contribution in [2.75, 3.05) is 5.06 Å². The van der Waals surface area contributed by atoms with Gasteiger partial charge in [-0.1, -0.05) is 18.2 Å². The molecule has 0 saturated heterocycles. The Balaban J connectivity index is 2.16. The third-order valence-electron chi connectivity index (χ3n) is 2.59. The number of anilines is 1. The lowest BCUT2D eigenvalue weighted by atomic mass is 10.2. The van der Waals surface area contributed by atoms with Gasteiger partial charge in [-0.2, -0.15) is 0 Å². The molecule has 1 aliphatic carbocycles. The smallest absolute Gasteiger partial charge is 0.157 e. The highest BCUT2D eigenvalue weighted by atomic mass is 16.5. The van der Waals surface area contributed by atoms with Crippen molar-refractivity contribution >= 4 is 11.5 Å². The number of para-hydroxylation sites is 1. The summed E-state index contributed by atoms with van der Waals surface area (Å²) in [6.07, 6.45) is 2.23. The van der Waals surface area contributed by atoms with Crippen molar-refractivity contribution in [3.8, 4) is 0 Å². The highest BCUT2D eigenvalue weighted by Crippen LogP contribution is 2.23. The van der Waals surface area contributed by atoms with E-state index in [1.807, 2.05) is 18.2 Å². The van der Waals surface area contributed by atoms with Crippen LogP contribution < -0.4 is 5.06 Å². The lowest BCUT2D eigenvalue weighted by Gasteiger charge is -2.22. The molecule has 0 spiro atoms. The van der Waals surface area contributed by atoms with Gasteiger partial charge in [0.05, 0.1) is 5.69 Å². The van der Waals surface area contributed by atoms with E-state index in [1.165, 1.54) is 0 Å². The van der Waals surface area contributed by atoms with Gasteiger partial charge in [0.15, 0.2) is 5.78 Å². The first-order valence-electron chi connectivity index (χ1n) is 4.85. The molecule has 0 bridgehead atoms. The van der Waals surface area contributed by atoms with E-state index >= 15 is 0 Å². The van der Waals surface area contributed by atoms with Crippen LogP contribution in [-0.2, 0) is 4.79 Å². The van der Waals surface area contributed by atoms with Crippen molar-refractivity contribution in [2.24, 2.45) is 0 Å². The third kappa shape index (κ3) is 1.63. The minimum atomic E-state index is -0.336. The summed E-state index contributed by atoms with van der Waals surface area (Å²) in [4.78, 5) is 11.4. The summed E-state index contributed by atoms with van der Waals surface area (Å²) >= 11 is 0. The second-order valence-electron chi connectivity index (χ2n) is 3.55. The highest BCUT2D eigenvalue weighted by molar-refractivity contribution is 5.88. The quantitative estimate of drug-likeness (QED) is 0.727. The van der Waals surface area contributed by atoms with Crippen LogP contribution in [0.4, 0.5) is 5.69 Å². The second-order valence-corrected chi connectivity index (χ2v) is 3.55. The van der Waals surface area contributed by atoms with Gasteiger partial charge in [0.25, 0.3) is 0 Å². The number of hydroxylamine groups is 1. The number of Topliss-reactive ketones (excluding diaryl/α,β-unsaturated/α-hetero) is 1. The van der Waals surface area contributed by atoms with Gasteiger partial charge in [-0.3, -0.25) is 10.0 Å². The summed E-state index contributed by atoms with van der Waals surface area (Å²) in [6, 6.07) is 8.83. The summed E-state index contributed by atoms with van der Waals surface area (Å²) in [6.45, 7) is 0. The molecule has 3 nitrogen and oxygen atoms in total. The molecule has 1 N–H and O–H groups in total. The number of hydrogen-bond acceptors (Lipinski definition) is 3. The Kier molecular flexibility index (Phi) is 2.50. The Morgan fingerprint density at radius 3 is 2.57 bits per heavy atom. The molecule has 2 rings (SSSR count). The van der Waals surface area contributed by atoms with E-state index in [4.69, 9.17) is 0 Å². The molecule has 3 heteroatoms. The second kappa shape index (κ2) is 3.80. The molecule has 1 aliphatic rings. The number of hydrogen-bond donors (Lipinski definition) is 1. The zero-order valence-corrected chi connectivity index (χ0v) is 7.89. The first-order valence-corrected chi connectivity index (χ1v) is 4.85. The number of rotatable bonds is 2. The maximum absolute atomic E-state index is 11.4. The van der Waals surface area contributed by atoms with Gasteiger partial charge in [0, 0.05) is 6.42 Å². The van der Waals surface area contributed by atoms with E-state index in [0.717, 1.165) is 17.9 Å². The molecular formula is C11H13NO2. The van der Waals surface area contributed by atoms with E-state index in [0.29, 0.717) is 12.1 Å². The molecule has 74 valence electrons. The molecule has 0 heterocycles. The maximum atomic E-state index is 11.4. The lowest BCUT2D eigenvalue weighted by molar-refractivity contribution is -0.119. The largest absolute Gasteiger partial charge is 0.297 e. The molecule has 0 aliphatic heterocycles. The summed E-state index contributed by atoms with van der Waals surface area (Å²) in [7, 11) is 0. The van der Waals surface area contributed by atoms with Crippen molar-refractivity contribution < 1.29 is 10.0 Å². The lowest BCUT2D eigenvalue weighted by Crippen LogP contribution is -2.35. The zero-order chi connectivity index (χ0) is 9.97. The maximum Gasteiger partial charge on any atom is 0.157 e. The average molecular weight is 191 g/mol. The summed E-state index contributed by atoms with van der Waals surface area (Å²) in [5.74, 6) is 0.136. The van der Waals surface area contributed by atoms with Gasteiger partial charge in [-0.25, -0.2) is 5.06 Å². The van der Waals surface area contributed by atoms with Crippen molar-refractivity contribution in [1.29, 1.82) is 0 Å². The molecule has 1 aromatic carbocycles. The molecule has 0 aromatic heterocycles. The fraction of sp³-hybridized carbons (Fsp3) is 0.364. The Hall–Kier alpha value is -1.35. The van der Waals surface area contributed by atoms with Crippen LogP contribution in [0.5, 0.6) is 0 Å². The first kappa shape index (κ1) is 9.21. The molecule has 1 fully saturated rings. The fourth-order valence-electron chi connectivity index (χ4n) is 1.82. The Morgan fingerprint density at radius 1 is 1.29 bits per heavy atom. The summed E-state index contributed by atoms with van der Waals surface area (Å²) in [5.41, 5.74) is 0.688. The van der Waals surface area contributed by atoms with E-state index < -0.39 is 0 Å². The Bertz CT molecular complexity index is 323. The van der Waals surface area contributed by atoms with Gasteiger partial charge in [0.1, 0.15) is 6.04 Å². The van der Waals surface area contributed by atoms with Crippen molar-refractivity contribution in [3.63, 3.8) is 0 Å². The Labute approximate surface area is 82.9 Å². The zero-order valence-electron chi connectivity index (χ0n) is 7.89. The number of ketones is 1. The van der Waals surface area contributed by atoms with Gasteiger partial charge in [-0.05, 0) is 25.0 Å². The van der Waals surface area contributed by atoms with Crippen LogP contribution in [0.3, 0.4) is 0 Å². The predicted molar refractivity (Wildman–Crippen MR) is 53.4 cm³/mol. The first-order chi connectivity index (χ1) is 6.79. The van der Waals surface area contributed by atoms with Crippen molar-refractivity contribution in [3.05, 3.63) is 30.3 Å². The Morgan fingerprint density at radius 2 is 2.00 bits per heavy atom. The number of benzene rings is 1. The predicted octanol–water partition coefficient (Wildman–Crippen LogP) is 2.00. The van der Waals surface area contributed by atoms with E-state index in [-0.39, 0.29) is 11.8 Å². The van der Waals surface area contributed by atoms with Crippen molar-refractivity contribution in [2.45, 2.75) is 25.3 Å². The van der Waals surface area contributed by atoms with Crippen LogP contribution in [0.15, 0.2) is 30.3 Å². The van der Waals surface area contributed by atoms with Crippen LogP contribution in [0.1, 0.15) is 19.3 Å². The van der Waals surface area contributed by atoms with Gasteiger partial charge in [-0.15, -0.1) is 0 Å². The number of nitrogens with zero attached hydrogens (tertiary/aromatic N) is 1. The molecule has 0 amide bonds. The van der Waals surface area contributed by atoms with Gasteiger partial charge in [0.2, 0.25) is 0 Å². The van der Waals surface area contributed by atoms with Gasteiger partial charge < -0.3 is 0 Å². The van der Waals surface area contributed by atoms with E-state index in [1.54, 1.807) is 12.1 Å². The average Bonchev–Trinajstić information content (AvgIpc) is 2.65. The van der Waals surface area contributed by atoms with Crippen LogP contribution in [0, 0.1) is 0 Å². The molecule has 1 aromatic rings. The topological polar surface area (TPSA) is 40.5 Å². The monoisotopic (exact) mass is 191 g/mol. The van der Waals surface area contributed by atoms with Crippen LogP contribution in [0.2, 0.25) is 0 Å². The van der Waals surface area contributed by atoms with Gasteiger partial charge >= 0.3 is 0 Å². The number of carbonyl (C=O) groups excluding carboxylic acids is 1. The highest BCUT2D eigenvalue weighted by Gasteiger charge is 2.29. The van der Waals surface area contributed by atoms with Crippen molar-refractivity contribution in [1.82, 2.24) is 0 Å². The molecule has 1 atom stereocenters. The standard InChI is InChI=1S/C11H13NO2/c13-11-8-4-7-10(11)12(14)9-5-2-1-3-6-9/h1-3,5-6,10,14H,4,7-8H2. The minimum Gasteiger partial charge on any atom is -0.297 e. The minimum absolute atomic E-state index is 0.136. The van der Waals surface area contributed by atoms with E-state index in [9.17, 15) is 10.0 Å². The normalized spacial score (nSPS) is 21.2. The molecule has 14 heavy (non-hydrogen) atoms. The summed E-state index contributed by atoms with van der Waals surface area (Å²) in [5, 5.41) is 10.9. The summed E-state index contributed by atoms with van der Waals surface area (Å²) < 4.78 is 0. The molecule has 0 radical (unpaired) electrons. The van der Waals surface area contributed by atoms with Crippen LogP contribution in [-0.4, -0.2) is 17.0 Å². The fourth-order valence-corrected chi connectivity index (χ4v) is 1.82. The SMILES string of the molecule is O=C1CCCC1N(O)c1ccccc1. The van der Waals surface area contributed by atoms with E-state index in [2.05, 4.69) is 0 Å². The molecular weight excluding hydrogens is 178 g/mol. The van der Waals surface area contributed by atoms with Crippen LogP contribution in [0.25, 0.3) is 0 Å².